The van der Waals surface area contributed by atoms with Crippen LogP contribution in [0.4, 0.5) is 0 Å². The maximum Gasteiger partial charge on any atom is 0.303 e. The third-order valence-electron chi connectivity index (χ3n) is 2.88. The molecular formula is C15H18N2O3. The minimum atomic E-state index is -0.765. The molecule has 1 amide bonds. The molecular weight excluding hydrogens is 256 g/mol. The van der Waals surface area contributed by atoms with Crippen molar-refractivity contribution in [2.45, 2.75) is 32.1 Å². The third-order valence-corrected chi connectivity index (χ3v) is 2.88. The Bertz CT molecular complexity index is 489. The zero-order valence-corrected chi connectivity index (χ0v) is 11.3. The molecule has 0 aromatic heterocycles. The average molecular weight is 274 g/mol. The van der Waals surface area contributed by atoms with Gasteiger partial charge in [0, 0.05) is 18.5 Å². The Hall–Kier alpha value is -2.35. The normalized spacial score (nSPS) is 9.75. The molecule has 1 aromatic rings. The van der Waals surface area contributed by atoms with Gasteiger partial charge in [-0.1, -0.05) is 12.8 Å². The topological polar surface area (TPSA) is 90.2 Å². The highest BCUT2D eigenvalue weighted by molar-refractivity contribution is 5.94. The molecule has 0 saturated heterocycles. The van der Waals surface area contributed by atoms with Crippen LogP contribution in [0.25, 0.3) is 0 Å². The number of rotatable bonds is 8. The molecule has 0 radical (unpaired) electrons. The van der Waals surface area contributed by atoms with E-state index in [-0.39, 0.29) is 12.3 Å². The maximum absolute atomic E-state index is 11.8. The number of nitrogens with zero attached hydrogens (tertiary/aromatic N) is 1. The van der Waals surface area contributed by atoms with Crippen LogP contribution >= 0.6 is 0 Å². The van der Waals surface area contributed by atoms with E-state index in [1.165, 1.54) is 0 Å². The van der Waals surface area contributed by atoms with Gasteiger partial charge in [-0.25, -0.2) is 0 Å². The predicted molar refractivity (Wildman–Crippen MR) is 74.2 cm³/mol. The van der Waals surface area contributed by atoms with Crippen molar-refractivity contribution in [3.05, 3.63) is 35.4 Å². The van der Waals surface area contributed by atoms with Crippen LogP contribution in [0.5, 0.6) is 0 Å². The molecule has 106 valence electrons. The Kier molecular flexibility index (Phi) is 6.83. The first-order chi connectivity index (χ1) is 9.63. The van der Waals surface area contributed by atoms with E-state index in [1.54, 1.807) is 24.3 Å². The van der Waals surface area contributed by atoms with Crippen molar-refractivity contribution in [1.82, 2.24) is 5.32 Å². The number of carbonyl (C=O) groups is 2. The second-order valence-corrected chi connectivity index (χ2v) is 4.50. The third kappa shape index (κ3) is 6.01. The molecule has 0 bridgehead atoms. The molecule has 0 fully saturated rings. The van der Waals surface area contributed by atoms with Gasteiger partial charge in [0.15, 0.2) is 0 Å². The monoisotopic (exact) mass is 274 g/mol. The SMILES string of the molecule is N#Cc1ccc(C(=O)NCCCCCCC(=O)O)cc1. The number of nitrogens with one attached hydrogen (secondary N) is 1. The van der Waals surface area contributed by atoms with E-state index in [1.807, 2.05) is 6.07 Å². The minimum Gasteiger partial charge on any atom is -0.481 e. The van der Waals surface area contributed by atoms with Crippen molar-refractivity contribution >= 4 is 11.9 Å². The molecule has 5 nitrogen and oxygen atoms in total. The van der Waals surface area contributed by atoms with Crippen LogP contribution in [0, 0.1) is 11.3 Å². The number of amides is 1. The van der Waals surface area contributed by atoms with Crippen LogP contribution in [-0.4, -0.2) is 23.5 Å². The summed E-state index contributed by atoms with van der Waals surface area (Å²) in [5, 5.41) is 19.9. The lowest BCUT2D eigenvalue weighted by Gasteiger charge is -2.05. The van der Waals surface area contributed by atoms with Crippen molar-refractivity contribution in [3.8, 4) is 6.07 Å². The van der Waals surface area contributed by atoms with Crippen LogP contribution in [0.1, 0.15) is 48.0 Å². The highest BCUT2D eigenvalue weighted by Gasteiger charge is 2.04. The summed E-state index contributed by atoms with van der Waals surface area (Å²) in [7, 11) is 0. The second-order valence-electron chi connectivity index (χ2n) is 4.50. The van der Waals surface area contributed by atoms with Gasteiger partial charge in [-0.3, -0.25) is 9.59 Å². The quantitative estimate of drug-likeness (QED) is 0.712. The van der Waals surface area contributed by atoms with Crippen LogP contribution in [0.3, 0.4) is 0 Å². The van der Waals surface area contributed by atoms with Crippen molar-refractivity contribution in [2.24, 2.45) is 0 Å². The minimum absolute atomic E-state index is 0.153. The Morgan fingerprint density at radius 1 is 1.10 bits per heavy atom. The summed E-state index contributed by atoms with van der Waals surface area (Å²) >= 11 is 0. The molecule has 1 rings (SSSR count). The molecule has 20 heavy (non-hydrogen) atoms. The van der Waals surface area contributed by atoms with Gasteiger partial charge in [0.2, 0.25) is 0 Å². The largest absolute Gasteiger partial charge is 0.481 e. The smallest absolute Gasteiger partial charge is 0.303 e. The summed E-state index contributed by atoms with van der Waals surface area (Å²) in [6.45, 7) is 0.575. The molecule has 1 aromatic carbocycles. The Morgan fingerprint density at radius 3 is 2.35 bits per heavy atom. The van der Waals surface area contributed by atoms with Gasteiger partial charge in [-0.05, 0) is 37.1 Å². The van der Waals surface area contributed by atoms with E-state index in [4.69, 9.17) is 10.4 Å². The molecule has 5 heteroatoms. The van der Waals surface area contributed by atoms with E-state index in [2.05, 4.69) is 5.32 Å². The lowest BCUT2D eigenvalue weighted by Crippen LogP contribution is -2.24. The number of carboxylic acids is 1. The van der Waals surface area contributed by atoms with Gasteiger partial charge in [0.25, 0.3) is 5.91 Å². The summed E-state index contributed by atoms with van der Waals surface area (Å²) in [4.78, 5) is 22.1. The number of hydrogen-bond acceptors (Lipinski definition) is 3. The van der Waals surface area contributed by atoms with E-state index in [9.17, 15) is 9.59 Å². The Balaban J connectivity index is 2.16. The fraction of sp³-hybridized carbons (Fsp3) is 0.400. The van der Waals surface area contributed by atoms with Gasteiger partial charge in [0.05, 0.1) is 11.6 Å². The summed E-state index contributed by atoms with van der Waals surface area (Å²) in [6.07, 6.45) is 3.48. The van der Waals surface area contributed by atoms with Crippen molar-refractivity contribution < 1.29 is 14.7 Å². The van der Waals surface area contributed by atoms with Crippen LogP contribution in [0.2, 0.25) is 0 Å². The van der Waals surface area contributed by atoms with Crippen LogP contribution in [0.15, 0.2) is 24.3 Å². The van der Waals surface area contributed by atoms with E-state index in [0.717, 1.165) is 19.3 Å². The zero-order chi connectivity index (χ0) is 14.8. The highest BCUT2D eigenvalue weighted by Crippen LogP contribution is 2.04. The van der Waals surface area contributed by atoms with Crippen molar-refractivity contribution in [3.63, 3.8) is 0 Å². The lowest BCUT2D eigenvalue weighted by atomic mass is 10.1. The van der Waals surface area contributed by atoms with E-state index in [0.29, 0.717) is 24.1 Å². The van der Waals surface area contributed by atoms with Gasteiger partial charge in [0.1, 0.15) is 0 Å². The number of hydrogen-bond donors (Lipinski definition) is 2. The molecule has 0 aliphatic carbocycles. The molecule has 0 aliphatic rings. The Morgan fingerprint density at radius 2 is 1.75 bits per heavy atom. The van der Waals surface area contributed by atoms with Gasteiger partial charge in [-0.15, -0.1) is 0 Å². The standard InChI is InChI=1S/C15H18N2O3/c16-11-12-6-8-13(9-7-12)15(20)17-10-4-2-1-3-5-14(18)19/h6-9H,1-5,10H2,(H,17,20)(H,18,19). The molecule has 0 aliphatic heterocycles. The second kappa shape index (κ2) is 8.70. The summed E-state index contributed by atoms with van der Waals surface area (Å²) in [5.41, 5.74) is 1.06. The number of unbranched alkanes of at least 4 members (excludes halogenated alkanes) is 3. The summed E-state index contributed by atoms with van der Waals surface area (Å²) in [5.74, 6) is -0.917. The van der Waals surface area contributed by atoms with Crippen LogP contribution < -0.4 is 5.32 Å². The van der Waals surface area contributed by atoms with Gasteiger partial charge < -0.3 is 10.4 Å². The number of nitriles is 1. The predicted octanol–water partition coefficient (Wildman–Crippen LogP) is 2.32. The van der Waals surface area contributed by atoms with Crippen molar-refractivity contribution in [2.75, 3.05) is 6.54 Å². The molecule has 0 atom stereocenters. The lowest BCUT2D eigenvalue weighted by molar-refractivity contribution is -0.137. The summed E-state index contributed by atoms with van der Waals surface area (Å²) < 4.78 is 0. The first-order valence-electron chi connectivity index (χ1n) is 6.63. The number of carbonyl (C=O) groups excluding carboxylic acids is 1. The molecule has 0 heterocycles. The summed E-state index contributed by atoms with van der Waals surface area (Å²) in [6, 6.07) is 8.47. The van der Waals surface area contributed by atoms with Crippen LogP contribution in [-0.2, 0) is 4.79 Å². The number of benzene rings is 1. The molecule has 0 unspecified atom stereocenters. The van der Waals surface area contributed by atoms with Gasteiger partial charge in [-0.2, -0.15) is 5.26 Å². The fourth-order valence-corrected chi connectivity index (χ4v) is 1.75. The first-order valence-corrected chi connectivity index (χ1v) is 6.63. The Labute approximate surface area is 118 Å². The molecule has 0 saturated carbocycles. The average Bonchev–Trinajstić information content (AvgIpc) is 2.45. The molecule has 0 spiro atoms. The first kappa shape index (κ1) is 15.7. The van der Waals surface area contributed by atoms with Crippen molar-refractivity contribution in [1.29, 1.82) is 5.26 Å². The fourth-order valence-electron chi connectivity index (χ4n) is 1.75. The van der Waals surface area contributed by atoms with E-state index >= 15 is 0 Å². The molecule has 2 N–H and O–H groups in total. The van der Waals surface area contributed by atoms with E-state index < -0.39 is 5.97 Å². The highest BCUT2D eigenvalue weighted by atomic mass is 16.4. The maximum atomic E-state index is 11.8. The number of carboxylic acid groups (broad SMARTS) is 1. The van der Waals surface area contributed by atoms with Gasteiger partial charge >= 0.3 is 5.97 Å². The number of aliphatic carboxylic acids is 1. The zero-order valence-electron chi connectivity index (χ0n) is 11.3.